The Hall–Kier alpha value is -0.770. The Kier molecular flexibility index (Phi) is 5.97. The molecule has 4 nitrogen and oxygen atoms in total. The number of nitrogens with one attached hydrogen (secondary N) is 1. The molecular formula is C21H38N2O2. The van der Waals surface area contributed by atoms with Crippen LogP contribution in [-0.4, -0.2) is 41.8 Å². The van der Waals surface area contributed by atoms with Crippen molar-refractivity contribution in [1.29, 1.82) is 0 Å². The van der Waals surface area contributed by atoms with Crippen LogP contribution in [0.15, 0.2) is 0 Å². The normalized spacial score (nSPS) is 33.5. The summed E-state index contributed by atoms with van der Waals surface area (Å²) in [7, 11) is 0. The average Bonchev–Trinajstić information content (AvgIpc) is 3.14. The van der Waals surface area contributed by atoms with E-state index in [0.717, 1.165) is 43.6 Å². The van der Waals surface area contributed by atoms with Crippen LogP contribution in [-0.2, 0) is 4.74 Å². The number of carbonyl (C=O) groups is 1. The van der Waals surface area contributed by atoms with E-state index in [2.05, 4.69) is 12.2 Å². The molecule has 144 valence electrons. The lowest BCUT2D eigenvalue weighted by Gasteiger charge is -2.38. The van der Waals surface area contributed by atoms with Crippen LogP contribution in [0.1, 0.15) is 79.1 Å². The molecule has 0 aromatic heterocycles. The molecule has 3 aliphatic rings. The van der Waals surface area contributed by atoms with Crippen LogP contribution in [0.2, 0.25) is 0 Å². The van der Waals surface area contributed by atoms with Gasteiger partial charge in [-0.3, -0.25) is 0 Å². The Morgan fingerprint density at radius 3 is 2.64 bits per heavy atom. The van der Waals surface area contributed by atoms with Crippen LogP contribution >= 0.6 is 0 Å². The topological polar surface area (TPSA) is 41.6 Å². The van der Waals surface area contributed by atoms with E-state index in [1.165, 1.54) is 38.6 Å². The number of nitrogens with zero attached hydrogens (tertiary/aromatic N) is 1. The number of piperidine rings is 1. The van der Waals surface area contributed by atoms with E-state index < -0.39 is 5.60 Å². The highest BCUT2D eigenvalue weighted by Gasteiger charge is 2.39. The molecule has 0 aromatic carbocycles. The minimum Gasteiger partial charge on any atom is -0.444 e. The quantitative estimate of drug-likeness (QED) is 0.789. The van der Waals surface area contributed by atoms with Gasteiger partial charge in [-0.2, -0.15) is 0 Å². The number of fused-ring (bicyclic) bond motifs is 2. The van der Waals surface area contributed by atoms with Crippen molar-refractivity contribution >= 4 is 6.09 Å². The zero-order chi connectivity index (χ0) is 18.0. The molecule has 2 saturated carbocycles. The zero-order valence-electron chi connectivity index (χ0n) is 16.7. The largest absolute Gasteiger partial charge is 0.444 e. The van der Waals surface area contributed by atoms with E-state index >= 15 is 0 Å². The molecule has 4 heteroatoms. The van der Waals surface area contributed by atoms with Gasteiger partial charge in [0.1, 0.15) is 5.60 Å². The van der Waals surface area contributed by atoms with E-state index in [9.17, 15) is 4.79 Å². The van der Waals surface area contributed by atoms with Gasteiger partial charge in [0.2, 0.25) is 0 Å². The van der Waals surface area contributed by atoms with Gasteiger partial charge < -0.3 is 15.0 Å². The van der Waals surface area contributed by atoms with Crippen LogP contribution in [0.3, 0.4) is 0 Å². The van der Waals surface area contributed by atoms with Crippen molar-refractivity contribution in [2.24, 2.45) is 17.8 Å². The molecule has 0 radical (unpaired) electrons. The van der Waals surface area contributed by atoms with E-state index in [0.29, 0.717) is 12.1 Å². The number of amides is 1. The molecular weight excluding hydrogens is 312 g/mol. The molecule has 3 rings (SSSR count). The van der Waals surface area contributed by atoms with Gasteiger partial charge in [0.05, 0.1) is 0 Å². The summed E-state index contributed by atoms with van der Waals surface area (Å²) >= 11 is 0. The van der Waals surface area contributed by atoms with Crippen molar-refractivity contribution < 1.29 is 9.53 Å². The fourth-order valence-electron chi connectivity index (χ4n) is 5.28. The Labute approximate surface area is 154 Å². The van der Waals surface area contributed by atoms with Crippen molar-refractivity contribution in [1.82, 2.24) is 10.2 Å². The minimum atomic E-state index is -0.412. The van der Waals surface area contributed by atoms with E-state index in [1.54, 1.807) is 0 Å². The molecule has 0 spiro atoms. The van der Waals surface area contributed by atoms with Gasteiger partial charge in [-0.25, -0.2) is 4.79 Å². The molecule has 5 atom stereocenters. The summed E-state index contributed by atoms with van der Waals surface area (Å²) in [4.78, 5) is 14.5. The zero-order valence-corrected chi connectivity index (χ0v) is 16.7. The SMILES string of the molecule is CC(CC1CCCCN1C(=O)OC(C)(C)C)NCC1CC2CCC1C2. The maximum absolute atomic E-state index is 12.5. The first-order valence-electron chi connectivity index (χ1n) is 10.5. The second kappa shape index (κ2) is 7.85. The maximum atomic E-state index is 12.5. The first kappa shape index (κ1) is 19.0. The summed E-state index contributed by atoms with van der Waals surface area (Å²) in [6.07, 6.45) is 10.2. The van der Waals surface area contributed by atoms with Gasteiger partial charge >= 0.3 is 6.09 Å². The highest BCUT2D eigenvalue weighted by atomic mass is 16.6. The highest BCUT2D eigenvalue weighted by Crippen LogP contribution is 2.48. The van der Waals surface area contributed by atoms with Crippen LogP contribution in [0.4, 0.5) is 4.79 Å². The van der Waals surface area contributed by atoms with Gasteiger partial charge in [0.15, 0.2) is 0 Å². The van der Waals surface area contributed by atoms with Crippen molar-refractivity contribution in [3.8, 4) is 0 Å². The first-order valence-corrected chi connectivity index (χ1v) is 10.5. The van der Waals surface area contributed by atoms with E-state index in [1.807, 2.05) is 25.7 Å². The number of likely N-dealkylation sites (tertiary alicyclic amines) is 1. The van der Waals surface area contributed by atoms with E-state index in [4.69, 9.17) is 4.74 Å². The summed E-state index contributed by atoms with van der Waals surface area (Å²) in [5, 5.41) is 3.79. The Morgan fingerprint density at radius 1 is 1.20 bits per heavy atom. The number of ether oxygens (including phenoxy) is 1. The van der Waals surface area contributed by atoms with Gasteiger partial charge in [-0.05, 0) is 96.9 Å². The second-order valence-corrected chi connectivity index (χ2v) is 9.80. The van der Waals surface area contributed by atoms with Crippen LogP contribution in [0.25, 0.3) is 0 Å². The predicted molar refractivity (Wildman–Crippen MR) is 102 cm³/mol. The fourth-order valence-corrected chi connectivity index (χ4v) is 5.28. The molecule has 1 aliphatic heterocycles. The monoisotopic (exact) mass is 350 g/mol. The molecule has 1 amide bonds. The summed E-state index contributed by atoms with van der Waals surface area (Å²) in [5.41, 5.74) is -0.412. The number of hydrogen-bond acceptors (Lipinski definition) is 3. The Bertz CT molecular complexity index is 459. The summed E-state index contributed by atoms with van der Waals surface area (Å²) in [5.74, 6) is 2.90. The minimum absolute atomic E-state index is 0.127. The van der Waals surface area contributed by atoms with Crippen LogP contribution in [0, 0.1) is 17.8 Å². The lowest BCUT2D eigenvalue weighted by molar-refractivity contribution is 0.00784. The van der Waals surface area contributed by atoms with Crippen LogP contribution in [0.5, 0.6) is 0 Å². The maximum Gasteiger partial charge on any atom is 0.410 e. The number of carbonyl (C=O) groups excluding carboxylic acids is 1. The third-order valence-corrected chi connectivity index (χ3v) is 6.49. The standard InChI is InChI=1S/C21H38N2O2/c1-15(22-14-18-13-16-8-9-17(18)12-16)11-19-7-5-6-10-23(19)20(24)25-21(2,3)4/h15-19,22H,5-14H2,1-4H3. The molecule has 1 heterocycles. The average molecular weight is 351 g/mol. The highest BCUT2D eigenvalue weighted by molar-refractivity contribution is 5.68. The molecule has 2 bridgehead atoms. The van der Waals surface area contributed by atoms with Crippen molar-refractivity contribution in [3.63, 3.8) is 0 Å². The molecule has 3 fully saturated rings. The summed E-state index contributed by atoms with van der Waals surface area (Å²) in [6, 6.07) is 0.790. The molecule has 5 unspecified atom stereocenters. The fraction of sp³-hybridized carbons (Fsp3) is 0.952. The predicted octanol–water partition coefficient (Wildman–Crippen LogP) is 4.58. The van der Waals surface area contributed by atoms with Gasteiger partial charge in [-0.15, -0.1) is 0 Å². The van der Waals surface area contributed by atoms with E-state index in [-0.39, 0.29) is 6.09 Å². The van der Waals surface area contributed by atoms with Crippen molar-refractivity contribution in [2.75, 3.05) is 13.1 Å². The molecule has 1 N–H and O–H groups in total. The lowest BCUT2D eigenvalue weighted by atomic mass is 9.88. The second-order valence-electron chi connectivity index (χ2n) is 9.80. The summed E-state index contributed by atoms with van der Waals surface area (Å²) < 4.78 is 5.63. The van der Waals surface area contributed by atoms with Crippen molar-refractivity contribution in [2.45, 2.75) is 96.7 Å². The smallest absolute Gasteiger partial charge is 0.410 e. The molecule has 25 heavy (non-hydrogen) atoms. The van der Waals surface area contributed by atoms with Crippen molar-refractivity contribution in [3.05, 3.63) is 0 Å². The molecule has 2 aliphatic carbocycles. The summed E-state index contributed by atoms with van der Waals surface area (Å²) in [6.45, 7) is 10.1. The van der Waals surface area contributed by atoms with Gasteiger partial charge in [0, 0.05) is 18.6 Å². The Balaban J connectivity index is 1.46. The van der Waals surface area contributed by atoms with Gasteiger partial charge in [0.25, 0.3) is 0 Å². The first-order chi connectivity index (χ1) is 11.8. The number of rotatable bonds is 5. The third-order valence-electron chi connectivity index (χ3n) is 6.49. The van der Waals surface area contributed by atoms with Crippen LogP contribution < -0.4 is 5.32 Å². The third kappa shape index (κ3) is 5.12. The van der Waals surface area contributed by atoms with Gasteiger partial charge in [-0.1, -0.05) is 6.42 Å². The Morgan fingerprint density at radius 2 is 2.00 bits per heavy atom. The lowest BCUT2D eigenvalue weighted by Crippen LogP contribution is -2.48. The number of hydrogen-bond donors (Lipinski definition) is 1. The molecule has 1 saturated heterocycles. The molecule has 0 aromatic rings.